The molecule has 0 bridgehead atoms. The van der Waals surface area contributed by atoms with Gasteiger partial charge in [0.2, 0.25) is 0 Å². The third-order valence-corrected chi connectivity index (χ3v) is 3.09. The molecule has 88 valence electrons. The van der Waals surface area contributed by atoms with Crippen molar-refractivity contribution in [3.05, 3.63) is 46.6 Å². The van der Waals surface area contributed by atoms with Gasteiger partial charge in [-0.25, -0.2) is 4.98 Å². The number of benzene rings is 1. The summed E-state index contributed by atoms with van der Waals surface area (Å²) in [6.07, 6.45) is 1.65. The molecule has 0 radical (unpaired) electrons. The summed E-state index contributed by atoms with van der Waals surface area (Å²) in [5, 5.41) is 3.97. The first-order valence-corrected chi connectivity index (χ1v) is 5.70. The molecule has 0 atom stereocenters. The Bertz CT molecular complexity index is 552. The summed E-state index contributed by atoms with van der Waals surface area (Å²) in [6, 6.07) is 7.65. The monoisotopic (exact) mass is 247 g/mol. The number of nitrogens with two attached hydrogens (primary N) is 1. The number of pyridine rings is 1. The van der Waals surface area contributed by atoms with Crippen LogP contribution >= 0.6 is 11.6 Å². The Kier molecular flexibility index (Phi) is 3.20. The summed E-state index contributed by atoms with van der Waals surface area (Å²) in [7, 11) is 0. The molecule has 1 aromatic carbocycles. The van der Waals surface area contributed by atoms with Gasteiger partial charge in [-0.3, -0.25) is 0 Å². The highest BCUT2D eigenvalue weighted by atomic mass is 35.5. The van der Waals surface area contributed by atoms with Gasteiger partial charge in [-0.05, 0) is 43.2 Å². The molecule has 0 aliphatic rings. The predicted molar refractivity (Wildman–Crippen MR) is 72.9 cm³/mol. The SMILES string of the molecule is Cc1cc(Nc2cccc(Cl)c2C)ncc1N. The Morgan fingerprint density at radius 1 is 1.29 bits per heavy atom. The lowest BCUT2D eigenvalue weighted by Crippen LogP contribution is -1.98. The van der Waals surface area contributed by atoms with Crippen molar-refractivity contribution in [3.63, 3.8) is 0 Å². The van der Waals surface area contributed by atoms with E-state index in [9.17, 15) is 0 Å². The van der Waals surface area contributed by atoms with Crippen LogP contribution in [-0.2, 0) is 0 Å². The Labute approximate surface area is 106 Å². The fourth-order valence-electron chi connectivity index (χ4n) is 1.52. The molecule has 0 unspecified atom stereocenters. The number of nitrogen functional groups attached to an aromatic ring is 1. The van der Waals surface area contributed by atoms with Crippen LogP contribution in [0.15, 0.2) is 30.5 Å². The molecule has 2 aromatic rings. The third kappa shape index (κ3) is 2.50. The van der Waals surface area contributed by atoms with Gasteiger partial charge in [0, 0.05) is 10.7 Å². The largest absolute Gasteiger partial charge is 0.397 e. The summed E-state index contributed by atoms with van der Waals surface area (Å²) in [5.74, 6) is 0.766. The summed E-state index contributed by atoms with van der Waals surface area (Å²) in [5.41, 5.74) is 9.38. The lowest BCUT2D eigenvalue weighted by atomic mass is 10.2. The highest BCUT2D eigenvalue weighted by Gasteiger charge is 2.04. The van der Waals surface area contributed by atoms with Crippen molar-refractivity contribution in [2.75, 3.05) is 11.1 Å². The van der Waals surface area contributed by atoms with Crippen molar-refractivity contribution in [3.8, 4) is 0 Å². The zero-order valence-corrected chi connectivity index (χ0v) is 10.5. The molecule has 3 nitrogen and oxygen atoms in total. The van der Waals surface area contributed by atoms with Crippen LogP contribution in [0.2, 0.25) is 5.02 Å². The Morgan fingerprint density at radius 2 is 2.06 bits per heavy atom. The van der Waals surface area contributed by atoms with Crippen molar-refractivity contribution in [1.82, 2.24) is 4.98 Å². The number of nitrogens with zero attached hydrogens (tertiary/aromatic N) is 1. The maximum absolute atomic E-state index is 6.06. The summed E-state index contributed by atoms with van der Waals surface area (Å²) in [6.45, 7) is 3.92. The second kappa shape index (κ2) is 4.63. The standard InChI is InChI=1S/C13H14ClN3/c1-8-6-13(16-7-11(8)15)17-12-5-3-4-10(14)9(12)2/h3-7H,15H2,1-2H3,(H,16,17). The van der Waals surface area contributed by atoms with Crippen LogP contribution in [0.3, 0.4) is 0 Å². The molecule has 3 N–H and O–H groups in total. The minimum Gasteiger partial charge on any atom is -0.397 e. The molecule has 0 aliphatic heterocycles. The van der Waals surface area contributed by atoms with E-state index in [4.69, 9.17) is 17.3 Å². The molecular formula is C13H14ClN3. The lowest BCUT2D eigenvalue weighted by molar-refractivity contribution is 1.27. The van der Waals surface area contributed by atoms with Crippen LogP contribution in [-0.4, -0.2) is 4.98 Å². The molecule has 0 aliphatic carbocycles. The number of aromatic nitrogens is 1. The normalized spacial score (nSPS) is 10.3. The Morgan fingerprint density at radius 3 is 2.76 bits per heavy atom. The first-order chi connectivity index (χ1) is 8.08. The van der Waals surface area contributed by atoms with Gasteiger partial charge in [-0.2, -0.15) is 0 Å². The van der Waals surface area contributed by atoms with Crippen LogP contribution in [0.25, 0.3) is 0 Å². The molecule has 1 heterocycles. The first kappa shape index (κ1) is 11.7. The zero-order chi connectivity index (χ0) is 12.4. The van der Waals surface area contributed by atoms with E-state index < -0.39 is 0 Å². The number of aryl methyl sites for hydroxylation is 1. The van der Waals surface area contributed by atoms with Gasteiger partial charge in [0.25, 0.3) is 0 Å². The number of rotatable bonds is 2. The number of hydrogen-bond donors (Lipinski definition) is 2. The van der Waals surface area contributed by atoms with Crippen LogP contribution < -0.4 is 11.1 Å². The fourth-order valence-corrected chi connectivity index (χ4v) is 1.69. The molecule has 0 amide bonds. The number of nitrogens with one attached hydrogen (secondary N) is 1. The second-order valence-electron chi connectivity index (χ2n) is 3.96. The molecule has 17 heavy (non-hydrogen) atoms. The number of halogens is 1. The quantitative estimate of drug-likeness (QED) is 0.851. The van der Waals surface area contributed by atoms with Crippen molar-refractivity contribution in [1.29, 1.82) is 0 Å². The van der Waals surface area contributed by atoms with E-state index in [1.165, 1.54) is 0 Å². The van der Waals surface area contributed by atoms with E-state index in [0.717, 1.165) is 27.7 Å². The lowest BCUT2D eigenvalue weighted by Gasteiger charge is -2.10. The molecular weight excluding hydrogens is 234 g/mol. The fraction of sp³-hybridized carbons (Fsp3) is 0.154. The molecule has 0 spiro atoms. The summed E-state index contributed by atoms with van der Waals surface area (Å²) >= 11 is 6.06. The first-order valence-electron chi connectivity index (χ1n) is 5.32. The van der Waals surface area contributed by atoms with E-state index in [1.54, 1.807) is 6.20 Å². The minimum atomic E-state index is 0.693. The second-order valence-corrected chi connectivity index (χ2v) is 4.37. The van der Waals surface area contributed by atoms with E-state index in [0.29, 0.717) is 5.69 Å². The van der Waals surface area contributed by atoms with E-state index in [1.807, 2.05) is 38.1 Å². The summed E-state index contributed by atoms with van der Waals surface area (Å²) < 4.78 is 0. The maximum atomic E-state index is 6.06. The van der Waals surface area contributed by atoms with Gasteiger partial charge in [0.1, 0.15) is 5.82 Å². The molecule has 2 rings (SSSR count). The molecule has 0 fully saturated rings. The Hall–Kier alpha value is -1.74. The van der Waals surface area contributed by atoms with Crippen molar-refractivity contribution in [2.24, 2.45) is 0 Å². The van der Waals surface area contributed by atoms with Gasteiger partial charge in [0.05, 0.1) is 11.9 Å². The van der Waals surface area contributed by atoms with Crippen molar-refractivity contribution >= 4 is 28.8 Å². The molecule has 0 saturated heterocycles. The molecule has 0 saturated carbocycles. The topological polar surface area (TPSA) is 50.9 Å². The van der Waals surface area contributed by atoms with Gasteiger partial charge in [-0.15, -0.1) is 0 Å². The van der Waals surface area contributed by atoms with E-state index in [2.05, 4.69) is 10.3 Å². The molecule has 1 aromatic heterocycles. The van der Waals surface area contributed by atoms with Crippen LogP contribution in [0.4, 0.5) is 17.2 Å². The van der Waals surface area contributed by atoms with E-state index >= 15 is 0 Å². The molecule has 4 heteroatoms. The van der Waals surface area contributed by atoms with E-state index in [-0.39, 0.29) is 0 Å². The van der Waals surface area contributed by atoms with Crippen LogP contribution in [0.5, 0.6) is 0 Å². The highest BCUT2D eigenvalue weighted by Crippen LogP contribution is 2.26. The minimum absolute atomic E-state index is 0.693. The van der Waals surface area contributed by atoms with Gasteiger partial charge < -0.3 is 11.1 Å². The Balaban J connectivity index is 2.31. The smallest absolute Gasteiger partial charge is 0.130 e. The number of hydrogen-bond acceptors (Lipinski definition) is 3. The maximum Gasteiger partial charge on any atom is 0.130 e. The average Bonchev–Trinajstić information content (AvgIpc) is 2.30. The highest BCUT2D eigenvalue weighted by molar-refractivity contribution is 6.31. The van der Waals surface area contributed by atoms with Crippen LogP contribution in [0.1, 0.15) is 11.1 Å². The van der Waals surface area contributed by atoms with Gasteiger partial charge >= 0.3 is 0 Å². The van der Waals surface area contributed by atoms with Gasteiger partial charge in [-0.1, -0.05) is 17.7 Å². The van der Waals surface area contributed by atoms with Crippen molar-refractivity contribution in [2.45, 2.75) is 13.8 Å². The summed E-state index contributed by atoms with van der Waals surface area (Å²) in [4.78, 5) is 4.23. The van der Waals surface area contributed by atoms with Crippen molar-refractivity contribution < 1.29 is 0 Å². The number of anilines is 3. The van der Waals surface area contributed by atoms with Gasteiger partial charge in [0.15, 0.2) is 0 Å². The third-order valence-electron chi connectivity index (χ3n) is 2.68. The predicted octanol–water partition coefficient (Wildman–Crippen LogP) is 3.68. The van der Waals surface area contributed by atoms with Crippen LogP contribution in [0, 0.1) is 13.8 Å². The zero-order valence-electron chi connectivity index (χ0n) is 9.79. The average molecular weight is 248 g/mol.